The van der Waals surface area contributed by atoms with Crippen molar-refractivity contribution in [2.75, 3.05) is 43.1 Å². The number of carbonyl (C=O) groups is 1. The second-order valence-corrected chi connectivity index (χ2v) is 7.53. The summed E-state index contributed by atoms with van der Waals surface area (Å²) in [7, 11) is 0. The molecule has 1 fully saturated rings. The summed E-state index contributed by atoms with van der Waals surface area (Å²) < 4.78 is 10.8. The van der Waals surface area contributed by atoms with Gasteiger partial charge in [-0.3, -0.25) is 20.2 Å². The summed E-state index contributed by atoms with van der Waals surface area (Å²) in [4.78, 5) is 24.8. The van der Waals surface area contributed by atoms with Crippen LogP contribution in [0.5, 0.6) is 5.75 Å². The number of hydrogen-bond acceptors (Lipinski definition) is 7. The van der Waals surface area contributed by atoms with Crippen LogP contribution in [0.15, 0.2) is 36.4 Å². The topological polar surface area (TPSA) is 106 Å². The molecule has 2 N–H and O–H groups in total. The van der Waals surface area contributed by atoms with Crippen LogP contribution in [0.4, 0.5) is 17.1 Å². The number of morpholine rings is 1. The van der Waals surface area contributed by atoms with Gasteiger partial charge in [0.2, 0.25) is 0 Å². The molecule has 9 nitrogen and oxygen atoms in total. The number of hydrogen-bond donors (Lipinski definition) is 2. The Morgan fingerprint density at radius 3 is 2.74 bits per heavy atom. The van der Waals surface area contributed by atoms with Gasteiger partial charge in [0.15, 0.2) is 11.7 Å². The molecule has 0 spiro atoms. The van der Waals surface area contributed by atoms with Gasteiger partial charge in [-0.05, 0) is 43.4 Å². The normalized spacial score (nSPS) is 13.4. The first-order chi connectivity index (χ1) is 14.8. The standard InChI is InChI=1S/C20H21ClN4O5S/c1-13-16(25(27)28)3-2-4-18(13)30-12-19(26)23-20(31)22-14-5-6-17(15(21)11-14)24-7-9-29-10-8-24/h2-6,11H,7-10,12H2,1H3,(H2,22,23,26,31). The van der Waals surface area contributed by atoms with Crippen LogP contribution in [0, 0.1) is 17.0 Å². The number of nitro groups is 1. The number of nitrogens with one attached hydrogen (secondary N) is 2. The molecule has 0 aromatic heterocycles. The average Bonchev–Trinajstić information content (AvgIpc) is 2.73. The van der Waals surface area contributed by atoms with Crippen molar-refractivity contribution >= 4 is 51.9 Å². The van der Waals surface area contributed by atoms with Crippen molar-refractivity contribution in [1.82, 2.24) is 5.32 Å². The molecule has 2 aromatic carbocycles. The minimum atomic E-state index is -0.503. The number of ether oxygens (including phenoxy) is 2. The van der Waals surface area contributed by atoms with Crippen molar-refractivity contribution in [3.8, 4) is 5.75 Å². The monoisotopic (exact) mass is 464 g/mol. The van der Waals surface area contributed by atoms with E-state index in [4.69, 9.17) is 33.3 Å². The number of thiocarbonyl (C=S) groups is 1. The Bertz CT molecular complexity index is 998. The molecule has 11 heteroatoms. The Morgan fingerprint density at radius 1 is 1.32 bits per heavy atom. The molecule has 1 heterocycles. The number of halogens is 1. The lowest BCUT2D eigenvalue weighted by atomic mass is 10.2. The summed E-state index contributed by atoms with van der Waals surface area (Å²) >= 11 is 11.6. The third-order valence-corrected chi connectivity index (χ3v) is 5.13. The molecule has 1 aliphatic rings. The van der Waals surface area contributed by atoms with Crippen molar-refractivity contribution in [1.29, 1.82) is 0 Å². The van der Waals surface area contributed by atoms with Gasteiger partial charge in [-0.15, -0.1) is 0 Å². The highest BCUT2D eigenvalue weighted by Crippen LogP contribution is 2.29. The molecule has 0 unspecified atom stereocenters. The molecule has 0 saturated carbocycles. The first-order valence-corrected chi connectivity index (χ1v) is 10.2. The zero-order chi connectivity index (χ0) is 22.4. The van der Waals surface area contributed by atoms with E-state index in [1.54, 1.807) is 19.1 Å². The molecule has 1 saturated heterocycles. The van der Waals surface area contributed by atoms with Crippen LogP contribution in [0.2, 0.25) is 5.02 Å². The highest BCUT2D eigenvalue weighted by Gasteiger charge is 2.16. The predicted molar refractivity (Wildman–Crippen MR) is 122 cm³/mol. The number of anilines is 2. The van der Waals surface area contributed by atoms with E-state index in [9.17, 15) is 14.9 Å². The van der Waals surface area contributed by atoms with Crippen LogP contribution in [-0.2, 0) is 9.53 Å². The average molecular weight is 465 g/mol. The van der Waals surface area contributed by atoms with Gasteiger partial charge in [0, 0.05) is 24.8 Å². The molecule has 0 aliphatic carbocycles. The maximum Gasteiger partial charge on any atom is 0.276 e. The highest BCUT2D eigenvalue weighted by atomic mass is 35.5. The number of carbonyl (C=O) groups excluding carboxylic acids is 1. The molecular formula is C20H21ClN4O5S. The minimum Gasteiger partial charge on any atom is -0.483 e. The first-order valence-electron chi connectivity index (χ1n) is 9.45. The smallest absolute Gasteiger partial charge is 0.276 e. The second-order valence-electron chi connectivity index (χ2n) is 6.71. The Balaban J connectivity index is 1.52. The zero-order valence-corrected chi connectivity index (χ0v) is 18.3. The second kappa shape index (κ2) is 10.4. The van der Waals surface area contributed by atoms with Crippen LogP contribution >= 0.6 is 23.8 Å². The molecule has 164 valence electrons. The van der Waals surface area contributed by atoms with Crippen LogP contribution < -0.4 is 20.3 Å². The summed E-state index contributed by atoms with van der Waals surface area (Å²) in [6.07, 6.45) is 0. The maximum absolute atomic E-state index is 12.1. The van der Waals surface area contributed by atoms with Crippen molar-refractivity contribution < 1.29 is 19.2 Å². The summed E-state index contributed by atoms with van der Waals surface area (Å²) in [5, 5.41) is 17.0. The van der Waals surface area contributed by atoms with E-state index in [0.717, 1.165) is 18.8 Å². The van der Waals surface area contributed by atoms with Gasteiger partial charge >= 0.3 is 0 Å². The minimum absolute atomic E-state index is 0.0764. The number of rotatable bonds is 6. The molecule has 1 aliphatic heterocycles. The van der Waals surface area contributed by atoms with E-state index in [-0.39, 0.29) is 23.2 Å². The quantitative estimate of drug-likeness (QED) is 0.381. The summed E-state index contributed by atoms with van der Waals surface area (Å²) in [6, 6.07) is 9.86. The summed E-state index contributed by atoms with van der Waals surface area (Å²) in [5.74, 6) is -0.242. The molecule has 0 atom stereocenters. The Hall–Kier alpha value is -2.95. The van der Waals surface area contributed by atoms with E-state index >= 15 is 0 Å². The van der Waals surface area contributed by atoms with Gasteiger partial charge in [-0.2, -0.15) is 0 Å². The maximum atomic E-state index is 12.1. The van der Waals surface area contributed by atoms with Crippen LogP contribution in [0.1, 0.15) is 5.56 Å². The molecule has 0 bridgehead atoms. The number of benzene rings is 2. The molecule has 0 radical (unpaired) electrons. The summed E-state index contributed by atoms with van der Waals surface area (Å²) in [6.45, 7) is 4.06. The SMILES string of the molecule is Cc1c(OCC(=O)NC(=S)Nc2ccc(N3CCOCC3)c(Cl)c2)cccc1[N+](=O)[O-]. The van der Waals surface area contributed by atoms with Crippen molar-refractivity contribution in [3.05, 3.63) is 57.1 Å². The number of nitro benzene ring substituents is 1. The van der Waals surface area contributed by atoms with Crippen LogP contribution in [0.25, 0.3) is 0 Å². The van der Waals surface area contributed by atoms with Crippen molar-refractivity contribution in [3.63, 3.8) is 0 Å². The van der Waals surface area contributed by atoms with E-state index in [2.05, 4.69) is 15.5 Å². The molecular weight excluding hydrogens is 444 g/mol. The number of nitrogens with zero attached hydrogens (tertiary/aromatic N) is 2. The molecule has 1 amide bonds. The fraction of sp³-hybridized carbons (Fsp3) is 0.300. The van der Waals surface area contributed by atoms with Crippen molar-refractivity contribution in [2.24, 2.45) is 0 Å². The lowest BCUT2D eigenvalue weighted by molar-refractivity contribution is -0.385. The first kappa shape index (κ1) is 22.7. The predicted octanol–water partition coefficient (Wildman–Crippen LogP) is 3.29. The van der Waals surface area contributed by atoms with Gasteiger partial charge in [0.1, 0.15) is 5.75 Å². The number of amides is 1. The molecule has 3 rings (SSSR count). The zero-order valence-electron chi connectivity index (χ0n) is 16.7. The van der Waals surface area contributed by atoms with Crippen LogP contribution in [-0.4, -0.2) is 48.9 Å². The van der Waals surface area contributed by atoms with Gasteiger partial charge in [-0.25, -0.2) is 0 Å². The fourth-order valence-electron chi connectivity index (χ4n) is 3.07. The van der Waals surface area contributed by atoms with Gasteiger partial charge in [0.25, 0.3) is 11.6 Å². The van der Waals surface area contributed by atoms with E-state index in [1.165, 1.54) is 12.1 Å². The Labute approximate surface area is 189 Å². The van der Waals surface area contributed by atoms with E-state index < -0.39 is 10.8 Å². The fourth-order valence-corrected chi connectivity index (χ4v) is 3.60. The van der Waals surface area contributed by atoms with Gasteiger partial charge < -0.3 is 19.7 Å². The largest absolute Gasteiger partial charge is 0.483 e. The third kappa shape index (κ3) is 6.03. The Kier molecular flexibility index (Phi) is 7.61. The summed E-state index contributed by atoms with van der Waals surface area (Å²) in [5.41, 5.74) is 1.80. The third-order valence-electron chi connectivity index (χ3n) is 4.62. The highest BCUT2D eigenvalue weighted by molar-refractivity contribution is 7.80. The van der Waals surface area contributed by atoms with E-state index in [0.29, 0.717) is 29.5 Å². The van der Waals surface area contributed by atoms with E-state index in [1.807, 2.05) is 12.1 Å². The van der Waals surface area contributed by atoms with Gasteiger partial charge in [-0.1, -0.05) is 17.7 Å². The van der Waals surface area contributed by atoms with Crippen LogP contribution in [0.3, 0.4) is 0 Å². The lowest BCUT2D eigenvalue weighted by Gasteiger charge is -2.29. The Morgan fingerprint density at radius 2 is 2.06 bits per heavy atom. The van der Waals surface area contributed by atoms with Crippen molar-refractivity contribution in [2.45, 2.75) is 6.92 Å². The lowest BCUT2D eigenvalue weighted by Crippen LogP contribution is -2.37. The molecule has 31 heavy (non-hydrogen) atoms. The molecule has 2 aromatic rings. The van der Waals surface area contributed by atoms with Gasteiger partial charge in [0.05, 0.1) is 34.4 Å².